The van der Waals surface area contributed by atoms with Crippen LogP contribution in [-0.4, -0.2) is 73.1 Å². The van der Waals surface area contributed by atoms with Crippen LogP contribution in [0.5, 0.6) is 0 Å². The molecule has 48 heavy (non-hydrogen) atoms. The van der Waals surface area contributed by atoms with Gasteiger partial charge in [-0.25, -0.2) is 0 Å². The summed E-state index contributed by atoms with van der Waals surface area (Å²) in [5.41, 5.74) is 5.79. The monoisotopic (exact) mass is 759 g/mol. The third-order valence-corrected chi connectivity index (χ3v) is 13.0. The minimum absolute atomic E-state index is 0. The highest BCUT2D eigenvalue weighted by atomic mass is 79.9. The fourth-order valence-corrected chi connectivity index (χ4v) is 10.3. The summed E-state index contributed by atoms with van der Waals surface area (Å²) in [5, 5.41) is 8.60. The lowest BCUT2D eigenvalue weighted by molar-refractivity contribution is -0.145. The lowest BCUT2D eigenvalue weighted by atomic mass is 10.1. The average molecular weight is 761 g/mol. The molecule has 13 heteroatoms. The topological polar surface area (TPSA) is 154 Å². The second-order valence-electron chi connectivity index (χ2n) is 10.6. The van der Waals surface area contributed by atoms with Crippen molar-refractivity contribution >= 4 is 63.8 Å². The highest BCUT2D eigenvalue weighted by Crippen LogP contribution is 2.56. The number of halogens is 1. The van der Waals surface area contributed by atoms with Crippen LogP contribution in [0, 0.1) is 0 Å². The van der Waals surface area contributed by atoms with E-state index in [-0.39, 0.29) is 53.7 Å². The molecule has 2 unspecified atom stereocenters. The third-order valence-electron chi connectivity index (χ3n) is 7.43. The zero-order chi connectivity index (χ0) is 34.1. The Balaban J connectivity index is 0.00000800. The van der Waals surface area contributed by atoms with E-state index >= 15 is 0 Å². The van der Waals surface area contributed by atoms with Gasteiger partial charge in [0.05, 0.1) is 19.9 Å². The minimum Gasteiger partial charge on any atom is -1.00 e. The largest absolute Gasteiger partial charge is 1.00 e. The predicted octanol–water partition coefficient (Wildman–Crippen LogP) is -0.531. The van der Waals surface area contributed by atoms with Gasteiger partial charge in [-0.1, -0.05) is 66.4 Å². The number of benzene rings is 3. The van der Waals surface area contributed by atoms with Crippen LogP contribution in [0.4, 0.5) is 0 Å². The smallest absolute Gasteiger partial charge is 0.325 e. The zero-order valence-corrected chi connectivity index (χ0v) is 30.4. The number of carbonyl (C=O) groups excluding carboxylic acids is 5. The Labute approximate surface area is 297 Å². The Kier molecular flexibility index (Phi) is 18.1. The maximum Gasteiger partial charge on any atom is 0.325 e. The Morgan fingerprint density at radius 2 is 1.35 bits per heavy atom. The fraction of sp³-hybridized carbons (Fsp3) is 0.343. The molecule has 3 aromatic rings. The van der Waals surface area contributed by atoms with E-state index in [1.165, 1.54) is 23.0 Å². The van der Waals surface area contributed by atoms with Gasteiger partial charge in [0.1, 0.15) is 41.8 Å². The van der Waals surface area contributed by atoms with Gasteiger partial charge in [0.15, 0.2) is 5.12 Å². The highest BCUT2D eigenvalue weighted by Gasteiger charge is 2.44. The molecular formula is C35H43BrN3O7PS. The molecule has 0 radical (unpaired) electrons. The van der Waals surface area contributed by atoms with Crippen LogP contribution in [0.25, 0.3) is 0 Å². The van der Waals surface area contributed by atoms with Gasteiger partial charge in [-0.05, 0) is 56.2 Å². The maximum absolute atomic E-state index is 13.2. The molecule has 0 spiro atoms. The Hall–Kier alpha value is -3.57. The van der Waals surface area contributed by atoms with Crippen LogP contribution in [-0.2, 0) is 33.4 Å². The molecule has 0 bridgehead atoms. The summed E-state index contributed by atoms with van der Waals surface area (Å²) in [4.78, 5) is 62.2. The molecule has 0 fully saturated rings. The van der Waals surface area contributed by atoms with Crippen molar-refractivity contribution in [3.8, 4) is 0 Å². The van der Waals surface area contributed by atoms with Crippen LogP contribution >= 0.6 is 19.0 Å². The molecule has 0 aliphatic carbocycles. The van der Waals surface area contributed by atoms with Crippen molar-refractivity contribution in [3.05, 3.63) is 91.0 Å². The summed E-state index contributed by atoms with van der Waals surface area (Å²) in [6, 6.07) is 29.1. The molecule has 2 atom stereocenters. The van der Waals surface area contributed by atoms with E-state index < -0.39 is 49.6 Å². The number of nitrogens with two attached hydrogens (primary N) is 1. The summed E-state index contributed by atoms with van der Waals surface area (Å²) in [7, 11) is -0.907. The van der Waals surface area contributed by atoms with Gasteiger partial charge in [0.2, 0.25) is 11.8 Å². The van der Waals surface area contributed by atoms with Crippen molar-refractivity contribution in [2.75, 3.05) is 32.2 Å². The number of thioether (sulfide) groups is 1. The Morgan fingerprint density at radius 3 is 1.83 bits per heavy atom. The molecule has 0 saturated carbocycles. The van der Waals surface area contributed by atoms with E-state index in [9.17, 15) is 24.0 Å². The second kappa shape index (κ2) is 21.4. The number of hydrogen-bond donors (Lipinski definition) is 3. The van der Waals surface area contributed by atoms with E-state index in [0.29, 0.717) is 6.42 Å². The maximum atomic E-state index is 13.2. The number of esters is 2. The van der Waals surface area contributed by atoms with Gasteiger partial charge in [0, 0.05) is 18.6 Å². The number of hydrogen-bond acceptors (Lipinski definition) is 9. The van der Waals surface area contributed by atoms with Crippen molar-refractivity contribution in [2.24, 2.45) is 5.73 Å². The molecule has 258 valence electrons. The quantitative estimate of drug-likeness (QED) is 0.115. The molecule has 0 aliphatic rings. The molecular weight excluding hydrogens is 717 g/mol. The fourth-order valence-electron chi connectivity index (χ4n) is 5.05. The molecule has 3 aromatic carbocycles. The second-order valence-corrected chi connectivity index (χ2v) is 15.3. The van der Waals surface area contributed by atoms with Crippen molar-refractivity contribution in [3.63, 3.8) is 0 Å². The molecule has 4 N–H and O–H groups in total. The first-order valence-corrected chi connectivity index (χ1v) is 18.4. The van der Waals surface area contributed by atoms with Crippen molar-refractivity contribution in [1.82, 2.24) is 10.6 Å². The van der Waals surface area contributed by atoms with E-state index in [2.05, 4.69) is 51.8 Å². The number of nitrogens with one attached hydrogen (secondary N) is 2. The van der Waals surface area contributed by atoms with Gasteiger partial charge in [-0.15, -0.1) is 0 Å². The standard InChI is InChI=1S/C35H42N3O7PS.BrH/c1-3-45-35(43)29(36)21-22-31(39)38-30(34(42)37-24-32(40)44-2)25-47-33(41)20-13-23-46(26-14-7-4-8-15-26,27-16-9-5-10-17-27)28-18-11-6-12-19-28;/h4-12,14-19,29-30H,3,13,20-25,36H2,1-2H3,(H-,37,38,39,42);1H. The summed E-state index contributed by atoms with van der Waals surface area (Å²) in [5.74, 6) is -2.49. The zero-order valence-electron chi connectivity index (χ0n) is 27.1. The highest BCUT2D eigenvalue weighted by molar-refractivity contribution is 8.13. The number of carbonyl (C=O) groups is 5. The van der Waals surface area contributed by atoms with Gasteiger partial charge in [-0.3, -0.25) is 24.0 Å². The average Bonchev–Trinajstić information content (AvgIpc) is 3.10. The van der Waals surface area contributed by atoms with Gasteiger partial charge < -0.3 is 42.8 Å². The van der Waals surface area contributed by atoms with E-state index in [1.54, 1.807) is 6.92 Å². The predicted molar refractivity (Wildman–Crippen MR) is 188 cm³/mol. The summed E-state index contributed by atoms with van der Waals surface area (Å²) in [6.07, 6.45) is 1.51. The third kappa shape index (κ3) is 12.1. The molecule has 2 amide bonds. The number of rotatable bonds is 18. The van der Waals surface area contributed by atoms with Crippen LogP contribution in [0.15, 0.2) is 91.0 Å². The first kappa shape index (κ1) is 40.6. The molecule has 0 saturated heterocycles. The lowest BCUT2D eigenvalue weighted by Gasteiger charge is -2.27. The van der Waals surface area contributed by atoms with Crippen molar-refractivity contribution in [2.45, 2.75) is 44.7 Å². The molecule has 3 rings (SSSR count). The first-order chi connectivity index (χ1) is 22.7. The number of methoxy groups -OCH3 is 1. The van der Waals surface area contributed by atoms with Crippen LogP contribution in [0.3, 0.4) is 0 Å². The van der Waals surface area contributed by atoms with E-state index in [4.69, 9.17) is 10.5 Å². The first-order valence-electron chi connectivity index (χ1n) is 15.5. The van der Waals surface area contributed by atoms with E-state index in [0.717, 1.165) is 17.9 Å². The van der Waals surface area contributed by atoms with Gasteiger partial charge in [0.25, 0.3) is 0 Å². The Morgan fingerprint density at radius 1 is 0.833 bits per heavy atom. The minimum atomic E-state index is -2.10. The molecule has 0 aliphatic heterocycles. The van der Waals surface area contributed by atoms with Gasteiger partial charge in [-0.2, -0.15) is 0 Å². The SMILES string of the molecule is CCOC(=O)C(N)CCC(=O)NC(CSC(=O)CCC[P+](c1ccccc1)(c1ccccc1)c1ccccc1)C(=O)NCC(=O)OC.[Br-]. The van der Waals surface area contributed by atoms with E-state index in [1.807, 2.05) is 54.6 Å². The number of amides is 2. The van der Waals surface area contributed by atoms with Crippen LogP contribution in [0.2, 0.25) is 0 Å². The summed E-state index contributed by atoms with van der Waals surface area (Å²) < 4.78 is 9.45. The van der Waals surface area contributed by atoms with Gasteiger partial charge >= 0.3 is 11.9 Å². The summed E-state index contributed by atoms with van der Waals surface area (Å²) in [6.45, 7) is 1.43. The number of ether oxygens (including phenoxy) is 2. The van der Waals surface area contributed by atoms with Crippen LogP contribution < -0.4 is 49.3 Å². The molecule has 0 aromatic heterocycles. The molecule has 10 nitrogen and oxygen atoms in total. The Bertz CT molecular complexity index is 1370. The van der Waals surface area contributed by atoms with Crippen molar-refractivity contribution < 1.29 is 50.4 Å². The van der Waals surface area contributed by atoms with Crippen LogP contribution in [0.1, 0.15) is 32.6 Å². The molecule has 0 heterocycles. The lowest BCUT2D eigenvalue weighted by Crippen LogP contribution is -3.00. The summed E-state index contributed by atoms with van der Waals surface area (Å²) >= 11 is 0.952. The normalized spacial score (nSPS) is 12.1. The van der Waals surface area contributed by atoms with Crippen molar-refractivity contribution in [1.29, 1.82) is 0 Å².